The van der Waals surface area contributed by atoms with Gasteiger partial charge in [-0.3, -0.25) is 0 Å². The van der Waals surface area contributed by atoms with Crippen LogP contribution in [0, 0.1) is 0 Å². The third-order valence-corrected chi connectivity index (χ3v) is 3.51. The average molecular weight is 236 g/mol. The zero-order chi connectivity index (χ0) is 11.5. The molecule has 4 nitrogen and oxygen atoms in total. The molecule has 0 unspecified atom stereocenters. The highest BCUT2D eigenvalue weighted by Crippen LogP contribution is 2.01. The van der Waals surface area contributed by atoms with Gasteiger partial charge in [-0.1, -0.05) is 0 Å². The van der Waals surface area contributed by atoms with Crippen LogP contribution >= 0.6 is 0 Å². The van der Waals surface area contributed by atoms with E-state index in [9.17, 15) is 0 Å². The van der Waals surface area contributed by atoms with Crippen molar-refractivity contribution in [1.29, 1.82) is 0 Å². The fourth-order valence-electron chi connectivity index (χ4n) is 1.27. The lowest BCUT2D eigenvalue weighted by atomic mass is 10.8. The zero-order valence-electron chi connectivity index (χ0n) is 10.3. The number of hydrogen-bond acceptors (Lipinski definition) is 4. The molecule has 0 N–H and O–H groups in total. The summed E-state index contributed by atoms with van der Waals surface area (Å²) in [5.74, 6) is -0.189. The summed E-state index contributed by atoms with van der Waals surface area (Å²) in [7, 11) is -0.694. The predicted octanol–water partition coefficient (Wildman–Crippen LogP) is 0.868. The van der Waals surface area contributed by atoms with Crippen molar-refractivity contribution in [2.24, 2.45) is 0 Å². The monoisotopic (exact) mass is 236 g/mol. The molecule has 0 aliphatic carbocycles. The van der Waals surface area contributed by atoms with Crippen LogP contribution in [0.15, 0.2) is 0 Å². The van der Waals surface area contributed by atoms with Crippen LogP contribution in [0.1, 0.15) is 27.7 Å². The quantitative estimate of drug-likeness (QED) is 0.416. The molecule has 0 rings (SSSR count). The summed E-state index contributed by atoms with van der Waals surface area (Å²) in [6.07, 6.45) is 0. The minimum Gasteiger partial charge on any atom is -0.357 e. The molecule has 92 valence electrons. The molecule has 0 aromatic rings. The Hall–Kier alpha value is 0.0569. The highest BCUT2D eigenvalue weighted by molar-refractivity contribution is 6.37. The molecular weight excluding hydrogens is 212 g/mol. The summed E-state index contributed by atoms with van der Waals surface area (Å²) < 4.78 is 21.9. The molecule has 0 aromatic heterocycles. The smallest absolute Gasteiger partial charge is 0.157 e. The summed E-state index contributed by atoms with van der Waals surface area (Å²) >= 11 is 0. The molecule has 0 saturated heterocycles. The summed E-state index contributed by atoms with van der Waals surface area (Å²) in [5, 5.41) is 0. The molecule has 0 amide bonds. The van der Waals surface area contributed by atoms with E-state index in [1.54, 1.807) is 0 Å². The molecule has 0 fully saturated rings. The van der Waals surface area contributed by atoms with Crippen molar-refractivity contribution < 1.29 is 18.9 Å². The first-order valence-corrected chi connectivity index (χ1v) is 7.38. The van der Waals surface area contributed by atoms with Gasteiger partial charge in [-0.25, -0.2) is 0 Å². The molecule has 0 heterocycles. The Labute approximate surface area is 95.1 Å². The van der Waals surface area contributed by atoms with Crippen molar-refractivity contribution in [2.75, 3.05) is 26.4 Å². The zero-order valence-corrected chi connectivity index (χ0v) is 11.7. The van der Waals surface area contributed by atoms with Gasteiger partial charge in [0.15, 0.2) is 9.52 Å². The van der Waals surface area contributed by atoms with Gasteiger partial charge in [0.2, 0.25) is 0 Å². The minimum atomic E-state index is -0.694. The Balaban J connectivity index is 3.93. The maximum Gasteiger partial charge on any atom is 0.157 e. The minimum absolute atomic E-state index is 0.0944. The lowest BCUT2D eigenvalue weighted by Crippen LogP contribution is -2.37. The number of hydrogen-bond donors (Lipinski definition) is 0. The van der Waals surface area contributed by atoms with Crippen LogP contribution in [0.3, 0.4) is 0 Å². The van der Waals surface area contributed by atoms with Gasteiger partial charge in [-0.05, 0) is 27.7 Å². The Bertz CT molecular complexity index is 109. The van der Waals surface area contributed by atoms with Crippen molar-refractivity contribution in [1.82, 2.24) is 0 Å². The van der Waals surface area contributed by atoms with E-state index in [2.05, 4.69) is 0 Å². The van der Waals surface area contributed by atoms with Crippen molar-refractivity contribution in [3.05, 3.63) is 0 Å². The lowest BCUT2D eigenvalue weighted by Gasteiger charge is -2.22. The van der Waals surface area contributed by atoms with Crippen LogP contribution in [0.25, 0.3) is 0 Å². The van der Waals surface area contributed by atoms with Crippen LogP contribution in [0.2, 0.25) is 0 Å². The second kappa shape index (κ2) is 10.6. The van der Waals surface area contributed by atoms with E-state index in [-0.39, 0.29) is 11.8 Å². The molecule has 0 saturated carbocycles. The topological polar surface area (TPSA) is 36.9 Å². The molecule has 0 aliphatic rings. The van der Waals surface area contributed by atoms with Gasteiger partial charge in [-0.15, -0.1) is 0 Å². The summed E-state index contributed by atoms with van der Waals surface area (Å²) in [4.78, 5) is 0. The van der Waals surface area contributed by atoms with Gasteiger partial charge >= 0.3 is 0 Å². The standard InChI is InChI=1S/C10H24O4Si/c1-5-11-9(12-6-2)15-10(13-7-3)14-8-4/h9-10H,5-8,15H2,1-4H3. The Morgan fingerprint density at radius 1 is 0.667 bits per heavy atom. The first kappa shape index (κ1) is 15.1. The van der Waals surface area contributed by atoms with E-state index in [0.717, 1.165) is 0 Å². The van der Waals surface area contributed by atoms with E-state index in [1.807, 2.05) is 27.7 Å². The highest BCUT2D eigenvalue weighted by Gasteiger charge is 2.18. The molecule has 0 aliphatic heterocycles. The van der Waals surface area contributed by atoms with Crippen LogP contribution in [-0.4, -0.2) is 47.8 Å². The molecular formula is C10H24O4Si. The first-order valence-electron chi connectivity index (χ1n) is 5.74. The van der Waals surface area contributed by atoms with Crippen molar-refractivity contribution in [3.63, 3.8) is 0 Å². The normalized spacial score (nSPS) is 11.6. The summed E-state index contributed by atoms with van der Waals surface area (Å²) in [6, 6.07) is 0. The van der Waals surface area contributed by atoms with Gasteiger partial charge in [-0.2, -0.15) is 0 Å². The molecule has 15 heavy (non-hydrogen) atoms. The van der Waals surface area contributed by atoms with Gasteiger partial charge in [0.25, 0.3) is 0 Å². The molecule has 0 aromatic carbocycles. The van der Waals surface area contributed by atoms with E-state index in [4.69, 9.17) is 18.9 Å². The molecule has 0 spiro atoms. The number of rotatable bonds is 10. The highest BCUT2D eigenvalue weighted by atomic mass is 28.2. The molecule has 5 heteroatoms. The first-order chi connectivity index (χ1) is 7.28. The molecule has 0 radical (unpaired) electrons. The number of ether oxygens (including phenoxy) is 4. The fraction of sp³-hybridized carbons (Fsp3) is 1.00. The maximum absolute atomic E-state index is 5.49. The largest absolute Gasteiger partial charge is 0.357 e. The second-order valence-electron chi connectivity index (χ2n) is 2.92. The Morgan fingerprint density at radius 2 is 0.933 bits per heavy atom. The van der Waals surface area contributed by atoms with Gasteiger partial charge in [0.05, 0.1) is 0 Å². The third kappa shape index (κ3) is 7.93. The van der Waals surface area contributed by atoms with Crippen molar-refractivity contribution in [2.45, 2.75) is 39.5 Å². The van der Waals surface area contributed by atoms with E-state index >= 15 is 0 Å². The Morgan fingerprint density at radius 3 is 1.13 bits per heavy atom. The second-order valence-corrected chi connectivity index (χ2v) is 4.72. The van der Waals surface area contributed by atoms with Crippen molar-refractivity contribution in [3.8, 4) is 0 Å². The van der Waals surface area contributed by atoms with Crippen LogP contribution in [-0.2, 0) is 18.9 Å². The van der Waals surface area contributed by atoms with E-state index in [1.165, 1.54) is 0 Å². The summed E-state index contributed by atoms with van der Waals surface area (Å²) in [6.45, 7) is 10.6. The van der Waals surface area contributed by atoms with Crippen molar-refractivity contribution >= 4 is 9.52 Å². The van der Waals surface area contributed by atoms with E-state index in [0.29, 0.717) is 26.4 Å². The van der Waals surface area contributed by atoms with Gasteiger partial charge < -0.3 is 18.9 Å². The molecule has 0 atom stereocenters. The average Bonchev–Trinajstić information content (AvgIpc) is 2.19. The lowest BCUT2D eigenvalue weighted by molar-refractivity contribution is -0.114. The van der Waals surface area contributed by atoms with Gasteiger partial charge in [0.1, 0.15) is 11.8 Å². The molecule has 0 bridgehead atoms. The fourth-order valence-corrected chi connectivity index (χ4v) is 3.07. The SMILES string of the molecule is CCOC(OCC)[SiH2]C(OCC)OCC. The van der Waals surface area contributed by atoms with Gasteiger partial charge in [0, 0.05) is 26.4 Å². The maximum atomic E-state index is 5.49. The van der Waals surface area contributed by atoms with Crippen LogP contribution in [0.5, 0.6) is 0 Å². The third-order valence-electron chi connectivity index (χ3n) is 1.80. The van der Waals surface area contributed by atoms with Crippen LogP contribution in [0.4, 0.5) is 0 Å². The van der Waals surface area contributed by atoms with Crippen LogP contribution < -0.4 is 0 Å². The Kier molecular flexibility index (Phi) is 10.6. The summed E-state index contributed by atoms with van der Waals surface area (Å²) in [5.41, 5.74) is 0. The predicted molar refractivity (Wildman–Crippen MR) is 62.6 cm³/mol. The van der Waals surface area contributed by atoms with E-state index < -0.39 is 9.52 Å².